The molecular formula is C33H35N5O8S2. The van der Waals surface area contributed by atoms with E-state index >= 15 is 0 Å². The number of hydrogen-bond donors (Lipinski definition) is 0. The van der Waals surface area contributed by atoms with Crippen LogP contribution in [0.3, 0.4) is 0 Å². The van der Waals surface area contributed by atoms with Gasteiger partial charge in [-0.15, -0.1) is 0 Å². The second kappa shape index (κ2) is 13.0. The number of carbonyl (C=O) groups excluding carboxylic acids is 1. The summed E-state index contributed by atoms with van der Waals surface area (Å²) in [5.74, 6) is 0.359. The molecule has 0 bridgehead atoms. The molecule has 2 aromatic heterocycles. The number of ether oxygens (including phenoxy) is 3. The molecule has 0 radical (unpaired) electrons. The highest BCUT2D eigenvalue weighted by atomic mass is 32.2. The van der Waals surface area contributed by atoms with Crippen molar-refractivity contribution in [1.29, 1.82) is 0 Å². The van der Waals surface area contributed by atoms with Crippen LogP contribution in [0.25, 0.3) is 11.1 Å². The number of amides is 1. The minimum atomic E-state index is -4.22. The van der Waals surface area contributed by atoms with Gasteiger partial charge in [0.15, 0.2) is 5.58 Å². The van der Waals surface area contributed by atoms with E-state index in [0.29, 0.717) is 42.1 Å². The highest BCUT2D eigenvalue weighted by Gasteiger charge is 2.31. The molecule has 0 saturated heterocycles. The summed E-state index contributed by atoms with van der Waals surface area (Å²) < 4.78 is 56.9. The van der Waals surface area contributed by atoms with Crippen LogP contribution in [0.1, 0.15) is 43.0 Å². The molecule has 252 valence electrons. The number of benzene rings is 3. The van der Waals surface area contributed by atoms with Crippen LogP contribution in [0, 0.1) is 0 Å². The first-order valence-electron chi connectivity index (χ1n) is 15.1. The van der Waals surface area contributed by atoms with Gasteiger partial charge in [0.25, 0.3) is 10.0 Å². The molecule has 1 amide bonds. The van der Waals surface area contributed by atoms with Gasteiger partial charge >= 0.3 is 11.8 Å². The summed E-state index contributed by atoms with van der Waals surface area (Å²) in [6, 6.07) is 15.3. The van der Waals surface area contributed by atoms with Crippen LogP contribution in [0.15, 0.2) is 75.0 Å². The number of carbonyl (C=O) groups is 1. The maximum atomic E-state index is 14.1. The summed E-state index contributed by atoms with van der Waals surface area (Å²) in [6.45, 7) is 6.41. The lowest BCUT2D eigenvalue weighted by Crippen LogP contribution is -2.40. The van der Waals surface area contributed by atoms with Gasteiger partial charge in [-0.05, 0) is 68.1 Å². The van der Waals surface area contributed by atoms with E-state index in [-0.39, 0.29) is 28.7 Å². The van der Waals surface area contributed by atoms with Gasteiger partial charge in [0, 0.05) is 42.3 Å². The Bertz CT molecular complexity index is 2140. The number of rotatable bonds is 9. The third-order valence-corrected chi connectivity index (χ3v) is 10.5. The molecule has 0 saturated carbocycles. The molecule has 0 N–H and O–H groups in total. The fraction of sp³-hybridized carbons (Fsp3) is 0.333. The van der Waals surface area contributed by atoms with Gasteiger partial charge in [0.05, 0.1) is 37.7 Å². The monoisotopic (exact) mass is 693 g/mol. The molecule has 1 aliphatic heterocycles. The number of aromatic nitrogens is 3. The Morgan fingerprint density at radius 3 is 2.58 bits per heavy atom. The van der Waals surface area contributed by atoms with Gasteiger partial charge in [0.1, 0.15) is 23.4 Å². The number of anilines is 1. The summed E-state index contributed by atoms with van der Waals surface area (Å²) in [7, 11) is -1.20. The fourth-order valence-electron chi connectivity index (χ4n) is 5.61. The topological polar surface area (TPSA) is 146 Å². The maximum Gasteiger partial charge on any atom is 0.420 e. The summed E-state index contributed by atoms with van der Waals surface area (Å²) in [4.78, 5) is 31.8. The van der Waals surface area contributed by atoms with Gasteiger partial charge in [-0.3, -0.25) is 4.57 Å². The number of oxazole rings is 1. The van der Waals surface area contributed by atoms with Crippen molar-refractivity contribution in [3.63, 3.8) is 0 Å². The van der Waals surface area contributed by atoms with Crippen LogP contribution in [0.4, 0.5) is 9.93 Å². The van der Waals surface area contributed by atoms with Crippen LogP contribution < -0.4 is 19.5 Å². The lowest BCUT2D eigenvalue weighted by atomic mass is 9.95. The van der Waals surface area contributed by atoms with Crippen molar-refractivity contribution >= 4 is 43.9 Å². The number of sulfonamides is 1. The smallest absolute Gasteiger partial charge is 0.420 e. The summed E-state index contributed by atoms with van der Waals surface area (Å²) in [5.41, 5.74) is 3.37. The Kier molecular flexibility index (Phi) is 8.92. The first kappa shape index (κ1) is 33.0. The quantitative estimate of drug-likeness (QED) is 0.202. The highest BCUT2D eigenvalue weighted by molar-refractivity contribution is 7.93. The lowest BCUT2D eigenvalue weighted by molar-refractivity contribution is 0.0223. The molecule has 3 aromatic carbocycles. The number of hydrogen-bond acceptors (Lipinski definition) is 11. The van der Waals surface area contributed by atoms with Crippen molar-refractivity contribution in [3.05, 3.63) is 93.7 Å². The average Bonchev–Trinajstić information content (AvgIpc) is 3.70. The van der Waals surface area contributed by atoms with Crippen LogP contribution in [-0.4, -0.2) is 59.7 Å². The van der Waals surface area contributed by atoms with Gasteiger partial charge in [0.2, 0.25) is 5.13 Å². The second-order valence-electron chi connectivity index (χ2n) is 12.2. The molecule has 6 rings (SSSR count). The van der Waals surface area contributed by atoms with E-state index in [1.54, 1.807) is 29.2 Å². The molecule has 13 nitrogen and oxygen atoms in total. The van der Waals surface area contributed by atoms with Gasteiger partial charge in [-0.25, -0.2) is 27.3 Å². The SMILES string of the molecule is COc1ccc(CN(c2ncns2)S(=O)(=O)c2ccc3c(c2)oc(=O)n3Cc2cccc3c2CN(C(=O)OC(C)(C)C)CC3)c(OC)c1. The zero-order valence-corrected chi connectivity index (χ0v) is 28.8. The number of methoxy groups -OCH3 is 2. The maximum absolute atomic E-state index is 14.1. The van der Waals surface area contributed by atoms with E-state index in [2.05, 4.69) is 9.36 Å². The minimum absolute atomic E-state index is 0.0938. The average molecular weight is 694 g/mol. The third-order valence-electron chi connectivity index (χ3n) is 7.95. The predicted octanol–water partition coefficient (Wildman–Crippen LogP) is 5.20. The van der Waals surface area contributed by atoms with Crippen molar-refractivity contribution in [3.8, 4) is 11.5 Å². The molecule has 0 unspecified atom stereocenters. The van der Waals surface area contributed by atoms with Crippen LogP contribution >= 0.6 is 11.5 Å². The van der Waals surface area contributed by atoms with Gasteiger partial charge in [-0.1, -0.05) is 18.2 Å². The van der Waals surface area contributed by atoms with E-state index in [0.717, 1.165) is 32.5 Å². The Labute approximate surface area is 281 Å². The molecule has 48 heavy (non-hydrogen) atoms. The molecule has 3 heterocycles. The Morgan fingerprint density at radius 1 is 1.06 bits per heavy atom. The molecular weight excluding hydrogens is 659 g/mol. The standard InChI is InChI=1S/C33H35N5O8S2/c1-33(2,3)46-31(39)36-14-13-21-7-6-8-22(26(21)19-36)17-37-27-12-11-25(16-29(27)45-32(37)40)48(41,42)38(30-34-20-35-47-30)18-23-9-10-24(43-4)15-28(23)44-5/h6-12,15-16,20H,13-14,17-19H2,1-5H3. The van der Waals surface area contributed by atoms with Crippen molar-refractivity contribution in [1.82, 2.24) is 18.8 Å². The zero-order valence-electron chi connectivity index (χ0n) is 27.1. The molecule has 15 heteroatoms. The van der Waals surface area contributed by atoms with Crippen LogP contribution in [0.5, 0.6) is 11.5 Å². The van der Waals surface area contributed by atoms with Crippen molar-refractivity contribution in [2.45, 2.75) is 57.3 Å². The Hall–Kier alpha value is -4.89. The highest BCUT2D eigenvalue weighted by Crippen LogP contribution is 2.33. The summed E-state index contributed by atoms with van der Waals surface area (Å²) >= 11 is 0.930. The fourth-order valence-corrected chi connectivity index (χ4v) is 7.75. The first-order chi connectivity index (χ1) is 22.9. The molecule has 0 atom stereocenters. The Balaban J connectivity index is 1.31. The second-order valence-corrected chi connectivity index (χ2v) is 14.8. The number of nitrogens with zero attached hydrogens (tertiary/aromatic N) is 5. The molecule has 0 spiro atoms. The van der Waals surface area contributed by atoms with E-state index in [4.69, 9.17) is 18.6 Å². The van der Waals surface area contributed by atoms with Crippen molar-refractivity contribution in [2.75, 3.05) is 25.1 Å². The molecule has 0 aliphatic carbocycles. The van der Waals surface area contributed by atoms with Crippen LogP contribution in [0.2, 0.25) is 0 Å². The zero-order chi connectivity index (χ0) is 34.2. The van der Waals surface area contributed by atoms with Crippen molar-refractivity contribution < 1.29 is 31.8 Å². The molecule has 0 fully saturated rings. The molecule has 5 aromatic rings. The van der Waals surface area contributed by atoms with Crippen LogP contribution in [-0.2, 0) is 40.8 Å². The summed E-state index contributed by atoms with van der Waals surface area (Å²) in [5, 5.41) is 0.154. The van der Waals surface area contributed by atoms with Gasteiger partial charge < -0.3 is 23.5 Å². The van der Waals surface area contributed by atoms with Gasteiger partial charge in [-0.2, -0.15) is 4.37 Å². The first-order valence-corrected chi connectivity index (χ1v) is 17.3. The van der Waals surface area contributed by atoms with E-state index in [1.807, 2.05) is 39.0 Å². The third kappa shape index (κ3) is 6.60. The largest absolute Gasteiger partial charge is 0.497 e. The van der Waals surface area contributed by atoms with E-state index in [9.17, 15) is 18.0 Å². The number of fused-ring (bicyclic) bond motifs is 2. The Morgan fingerprint density at radius 2 is 1.88 bits per heavy atom. The van der Waals surface area contributed by atoms with Crippen molar-refractivity contribution in [2.24, 2.45) is 0 Å². The normalized spacial score (nSPS) is 13.3. The van der Waals surface area contributed by atoms with E-state index in [1.165, 1.54) is 37.2 Å². The summed E-state index contributed by atoms with van der Waals surface area (Å²) in [6.07, 6.45) is 1.54. The molecule has 1 aliphatic rings. The predicted molar refractivity (Wildman–Crippen MR) is 179 cm³/mol. The van der Waals surface area contributed by atoms with E-state index < -0.39 is 27.5 Å². The lowest BCUT2D eigenvalue weighted by Gasteiger charge is -2.32. The minimum Gasteiger partial charge on any atom is -0.497 e.